The van der Waals surface area contributed by atoms with Crippen molar-refractivity contribution in [2.75, 3.05) is 24.7 Å². The summed E-state index contributed by atoms with van der Waals surface area (Å²) in [5.74, 6) is -7.67. The molecule has 2 unspecified atom stereocenters. The largest absolute Gasteiger partial charge is 0.508 e. The number of carbonyl (C=O) groups is 4. The molecule has 0 radical (unpaired) electrons. The Balaban J connectivity index is 0.000000850. The molecule has 0 spiro atoms. The van der Waals surface area contributed by atoms with Crippen molar-refractivity contribution in [1.29, 1.82) is 0 Å². The molecule has 9 N–H and O–H groups in total. The van der Waals surface area contributed by atoms with Gasteiger partial charge in [-0.3, -0.25) is 33.2 Å². The van der Waals surface area contributed by atoms with Crippen molar-refractivity contribution in [3.63, 3.8) is 0 Å². The third-order valence-corrected chi connectivity index (χ3v) is 8.53. The van der Waals surface area contributed by atoms with Crippen molar-refractivity contribution >= 4 is 83.7 Å². The van der Waals surface area contributed by atoms with Gasteiger partial charge in [0.15, 0.2) is 11.4 Å². The molecule has 3 aliphatic carbocycles. The first kappa shape index (κ1) is 32.9. The van der Waals surface area contributed by atoms with Gasteiger partial charge in [0.25, 0.3) is 5.91 Å². The molecule has 0 aromatic heterocycles. The third-order valence-electron chi connectivity index (χ3n) is 7.06. The number of rotatable bonds is 4. The fraction of sp³-hybridized carbons (Fsp3) is 0.391. The van der Waals surface area contributed by atoms with Gasteiger partial charge < -0.3 is 31.5 Å². The second kappa shape index (κ2) is 11.6. The quantitative estimate of drug-likeness (QED) is 0.0672. The number of nitrogens with one attached hydrogen (secondary N) is 1. The lowest BCUT2D eigenvalue weighted by atomic mass is 9.57. The highest BCUT2D eigenvalue weighted by Crippen LogP contribution is 2.53. The van der Waals surface area contributed by atoms with Gasteiger partial charge in [-0.05, 0) is 67.1 Å². The number of benzene rings is 1. The van der Waals surface area contributed by atoms with Crippen LogP contribution in [-0.4, -0.2) is 97.3 Å². The van der Waals surface area contributed by atoms with Crippen LogP contribution in [0.15, 0.2) is 23.0 Å². The molecule has 224 valence electrons. The molecule has 3 aliphatic rings. The van der Waals surface area contributed by atoms with Gasteiger partial charge in [-0.25, -0.2) is 0 Å². The maximum Gasteiger partial charge on any atom is 0.394 e. The number of ketones is 2. The number of amides is 2. The summed E-state index contributed by atoms with van der Waals surface area (Å²) in [6.07, 6.45) is 0.178. The van der Waals surface area contributed by atoms with Crippen molar-refractivity contribution in [2.45, 2.75) is 24.5 Å². The van der Waals surface area contributed by atoms with E-state index in [1.54, 1.807) is 0 Å². The highest BCUT2D eigenvalue weighted by molar-refractivity contribution is 14.1. The van der Waals surface area contributed by atoms with E-state index < -0.39 is 80.1 Å². The van der Waals surface area contributed by atoms with E-state index in [0.717, 1.165) is 0 Å². The van der Waals surface area contributed by atoms with Crippen LogP contribution in [0, 0.1) is 15.4 Å². The fourth-order valence-electron chi connectivity index (χ4n) is 5.55. The molecule has 41 heavy (non-hydrogen) atoms. The monoisotopic (exact) mass is 773 g/mol. The van der Waals surface area contributed by atoms with Crippen LogP contribution in [0.2, 0.25) is 0 Å². The summed E-state index contributed by atoms with van der Waals surface area (Å²) in [5.41, 5.74) is 1.95. The average molecular weight is 774 g/mol. The van der Waals surface area contributed by atoms with Gasteiger partial charge in [-0.1, -0.05) is 15.9 Å². The predicted molar refractivity (Wildman–Crippen MR) is 154 cm³/mol. The van der Waals surface area contributed by atoms with E-state index >= 15 is 0 Å². The van der Waals surface area contributed by atoms with Crippen LogP contribution >= 0.6 is 38.5 Å². The van der Waals surface area contributed by atoms with Crippen LogP contribution in [0.4, 0.5) is 5.69 Å². The van der Waals surface area contributed by atoms with E-state index in [0.29, 0.717) is 9.13 Å². The van der Waals surface area contributed by atoms with Gasteiger partial charge in [0.2, 0.25) is 11.7 Å². The predicted octanol–water partition coefficient (Wildman–Crippen LogP) is 0.249. The second-order valence-corrected chi connectivity index (χ2v) is 12.3. The Bertz CT molecular complexity index is 1530. The second-order valence-electron chi connectivity index (χ2n) is 9.70. The Labute approximate surface area is 254 Å². The molecule has 1 saturated carbocycles. The number of alkyl halides is 1. The van der Waals surface area contributed by atoms with Crippen molar-refractivity contribution in [3.8, 4) is 5.75 Å². The summed E-state index contributed by atoms with van der Waals surface area (Å²) in [7, 11) is -1.59. The van der Waals surface area contributed by atoms with E-state index in [1.807, 2.05) is 22.6 Å². The number of nitrogens with zero attached hydrogens (tertiary/aromatic N) is 1. The Kier molecular flexibility index (Phi) is 9.28. The number of halogens is 2. The molecular weight excluding hydrogens is 749 g/mol. The zero-order valence-corrected chi connectivity index (χ0v) is 25.8. The number of anilines is 1. The number of phenolic OH excluding ortho intramolecular Hbond substituents is 1. The zero-order chi connectivity index (χ0) is 31.4. The number of phenols is 1. The summed E-state index contributed by atoms with van der Waals surface area (Å²) in [4.78, 5) is 52.2. The van der Waals surface area contributed by atoms with E-state index in [9.17, 15) is 39.6 Å². The van der Waals surface area contributed by atoms with Crippen molar-refractivity contribution in [3.05, 3.63) is 37.7 Å². The number of fused-ring (bicyclic) bond motifs is 3. The number of hydrogen-bond donors (Lipinski definition) is 8. The van der Waals surface area contributed by atoms with Crippen LogP contribution in [0.1, 0.15) is 17.5 Å². The normalized spacial score (nSPS) is 25.6. The zero-order valence-electron chi connectivity index (χ0n) is 21.3. The lowest BCUT2D eigenvalue weighted by Gasteiger charge is -2.50. The standard InChI is InChI=1S/C23H23BrIN3O8.H2O4S/c1-28(2)16-9-4-7-3-8-10(25)5-11(27-12(29)6-24)17(30)14(8)18(31)13(7)20(33)23(9,36)21(34)15(19(16)32)22(26)35;1-5(2,3)4/h5,7,9,16,30-31,34,36H,3-4,6H2,1-2H3,(H2,26,35)(H,27,29);(H2,1,2,3,4)/t7?,9?,16-,23-;/m0./s1. The molecule has 0 bridgehead atoms. The van der Waals surface area contributed by atoms with Crippen molar-refractivity contribution in [2.24, 2.45) is 17.6 Å². The smallest absolute Gasteiger partial charge is 0.394 e. The van der Waals surface area contributed by atoms with E-state index in [4.69, 9.17) is 23.3 Å². The van der Waals surface area contributed by atoms with Gasteiger partial charge in [-0.2, -0.15) is 8.42 Å². The Morgan fingerprint density at radius 1 is 1.22 bits per heavy atom. The summed E-state index contributed by atoms with van der Waals surface area (Å²) in [6, 6.07) is 0.395. The first-order valence-electron chi connectivity index (χ1n) is 11.5. The molecule has 1 fully saturated rings. The van der Waals surface area contributed by atoms with Gasteiger partial charge in [0.1, 0.15) is 22.8 Å². The van der Waals surface area contributed by atoms with Crippen LogP contribution in [0.25, 0.3) is 5.76 Å². The number of likely N-dealkylation sites (N-methyl/N-ethyl adjacent to an activating group) is 1. The maximum atomic E-state index is 13.8. The summed E-state index contributed by atoms with van der Waals surface area (Å²) in [5, 5.41) is 47.0. The van der Waals surface area contributed by atoms with Crippen LogP contribution < -0.4 is 11.1 Å². The van der Waals surface area contributed by atoms with Crippen molar-refractivity contribution in [1.82, 2.24) is 4.90 Å². The number of hydrogen-bond acceptors (Lipinski definition) is 11. The molecule has 0 heterocycles. The number of carbonyl (C=O) groups excluding carboxylic acids is 4. The Morgan fingerprint density at radius 3 is 2.27 bits per heavy atom. The van der Waals surface area contributed by atoms with E-state index in [1.165, 1.54) is 25.1 Å². The van der Waals surface area contributed by atoms with Gasteiger partial charge >= 0.3 is 10.4 Å². The highest BCUT2D eigenvalue weighted by atomic mass is 127. The Hall–Kier alpha value is -2.62. The van der Waals surface area contributed by atoms with E-state index in [2.05, 4.69) is 21.2 Å². The molecule has 2 amide bonds. The molecule has 0 aliphatic heterocycles. The van der Waals surface area contributed by atoms with Crippen LogP contribution in [0.5, 0.6) is 5.75 Å². The summed E-state index contributed by atoms with van der Waals surface area (Å²) in [6.45, 7) is 0. The van der Waals surface area contributed by atoms with Crippen LogP contribution in [-0.2, 0) is 36.0 Å². The highest BCUT2D eigenvalue weighted by Gasteiger charge is 2.64. The van der Waals surface area contributed by atoms with Crippen LogP contribution in [0.3, 0.4) is 0 Å². The fourth-order valence-corrected chi connectivity index (χ4v) is 6.49. The lowest BCUT2D eigenvalue weighted by Crippen LogP contribution is -2.65. The number of aromatic hydroxyl groups is 1. The number of primary amides is 1. The van der Waals surface area contributed by atoms with E-state index in [-0.39, 0.29) is 35.0 Å². The number of aliphatic hydroxyl groups excluding tert-OH is 2. The minimum Gasteiger partial charge on any atom is -0.508 e. The first-order valence-corrected chi connectivity index (χ1v) is 15.1. The molecule has 0 saturated heterocycles. The minimum absolute atomic E-state index is 0.00464. The first-order chi connectivity index (χ1) is 18.8. The molecule has 4 atom stereocenters. The number of nitrogens with two attached hydrogens (primary N) is 1. The molecule has 4 rings (SSSR count). The number of Topliss-reactive ketones (excluding diaryl/α,β-unsaturated/α-hetero) is 2. The third kappa shape index (κ3) is 5.86. The topological polar surface area (TPSA) is 265 Å². The minimum atomic E-state index is -4.67. The SMILES string of the molecule is CN(C)[C@@H]1C(=O)C(C(N)=O)=C(O)[C@@]2(O)C(=O)C3=C(O)c4c(O)c(NC(=O)CBr)cc(I)c4CC3CC12.O=S(=O)(O)O. The maximum absolute atomic E-state index is 13.8. The van der Waals surface area contributed by atoms with Gasteiger partial charge in [0.05, 0.1) is 22.6 Å². The molecule has 1 aromatic carbocycles. The summed E-state index contributed by atoms with van der Waals surface area (Å²) < 4.78 is 32.2. The molecular formula is C23H25BrIN3O12S. The Morgan fingerprint density at radius 2 is 1.78 bits per heavy atom. The molecule has 15 nitrogen and oxygen atoms in total. The van der Waals surface area contributed by atoms with Crippen molar-refractivity contribution < 1.29 is 57.1 Å². The molecule has 18 heteroatoms. The van der Waals surface area contributed by atoms with Gasteiger partial charge in [0, 0.05) is 15.1 Å². The lowest BCUT2D eigenvalue weighted by molar-refractivity contribution is -0.153. The van der Waals surface area contributed by atoms with Gasteiger partial charge in [-0.15, -0.1) is 0 Å². The summed E-state index contributed by atoms with van der Waals surface area (Å²) >= 11 is 5.01. The average Bonchev–Trinajstić information content (AvgIpc) is 2.83. The molecule has 1 aromatic rings. The number of aliphatic hydroxyl groups is 3.